The minimum absolute atomic E-state index is 0.376. The van der Waals surface area contributed by atoms with Crippen LogP contribution >= 0.6 is 0 Å². The van der Waals surface area contributed by atoms with Crippen LogP contribution in [0, 0.1) is 6.92 Å². The van der Waals surface area contributed by atoms with Crippen LogP contribution in [0.15, 0.2) is 48.8 Å². The third kappa shape index (κ3) is 6.91. The lowest BCUT2D eigenvalue weighted by molar-refractivity contribution is 0.0981. The van der Waals surface area contributed by atoms with Crippen LogP contribution < -0.4 is 24.4 Å². The first-order valence-corrected chi connectivity index (χ1v) is 13.7. The predicted octanol–water partition coefficient (Wildman–Crippen LogP) is 4.34. The zero-order chi connectivity index (χ0) is 27.2. The van der Waals surface area contributed by atoms with Crippen LogP contribution in [0.2, 0.25) is 0 Å². The molecular weight excluding hydrogens is 492 g/mol. The number of likely N-dealkylation sites (N-methyl/N-ethyl adjacent to an activating group) is 1. The SMILES string of the molecule is COc1cc(C)cc(OCc2cnc(Nc3ccc(N4CCC(N5CCN(C)CC5)CC4)c(OC)c3)nc2)c1. The van der Waals surface area contributed by atoms with Crippen LogP contribution in [0.25, 0.3) is 0 Å². The lowest BCUT2D eigenvalue weighted by atomic mass is 10.0. The van der Waals surface area contributed by atoms with Crippen LogP contribution in [-0.4, -0.2) is 86.3 Å². The highest BCUT2D eigenvalue weighted by molar-refractivity contribution is 5.67. The summed E-state index contributed by atoms with van der Waals surface area (Å²) in [5.41, 5.74) is 3.99. The Morgan fingerprint density at radius 1 is 0.872 bits per heavy atom. The molecule has 39 heavy (non-hydrogen) atoms. The molecular formula is C30H40N6O3. The largest absolute Gasteiger partial charge is 0.497 e. The minimum atomic E-state index is 0.376. The zero-order valence-electron chi connectivity index (χ0n) is 23.5. The minimum Gasteiger partial charge on any atom is -0.497 e. The van der Waals surface area contributed by atoms with Gasteiger partial charge in [-0.1, -0.05) is 0 Å². The number of rotatable bonds is 9. The molecule has 1 N–H and O–H groups in total. The van der Waals surface area contributed by atoms with Crippen molar-refractivity contribution in [1.29, 1.82) is 0 Å². The second-order valence-electron chi connectivity index (χ2n) is 10.5. The van der Waals surface area contributed by atoms with Crippen LogP contribution in [0.5, 0.6) is 17.2 Å². The molecule has 9 nitrogen and oxygen atoms in total. The van der Waals surface area contributed by atoms with Gasteiger partial charge in [-0.2, -0.15) is 0 Å². The van der Waals surface area contributed by atoms with E-state index in [1.807, 2.05) is 31.2 Å². The van der Waals surface area contributed by atoms with E-state index in [-0.39, 0.29) is 0 Å². The van der Waals surface area contributed by atoms with Gasteiger partial charge in [-0.3, -0.25) is 4.90 Å². The van der Waals surface area contributed by atoms with Gasteiger partial charge in [0.25, 0.3) is 0 Å². The van der Waals surface area contributed by atoms with Crippen LogP contribution in [-0.2, 0) is 6.61 Å². The molecule has 0 saturated carbocycles. The molecule has 0 radical (unpaired) electrons. The summed E-state index contributed by atoms with van der Waals surface area (Å²) in [4.78, 5) is 16.5. The number of piperazine rings is 1. The Balaban J connectivity index is 1.15. The summed E-state index contributed by atoms with van der Waals surface area (Å²) >= 11 is 0. The lowest BCUT2D eigenvalue weighted by Crippen LogP contribution is -2.52. The van der Waals surface area contributed by atoms with Crippen molar-refractivity contribution in [1.82, 2.24) is 19.8 Å². The van der Waals surface area contributed by atoms with Crippen LogP contribution in [0.4, 0.5) is 17.3 Å². The fourth-order valence-electron chi connectivity index (χ4n) is 5.38. The molecule has 0 aliphatic carbocycles. The van der Waals surface area contributed by atoms with Gasteiger partial charge in [-0.05, 0) is 56.6 Å². The molecule has 3 heterocycles. The van der Waals surface area contributed by atoms with Crippen LogP contribution in [0.1, 0.15) is 24.0 Å². The van der Waals surface area contributed by atoms with E-state index in [1.165, 1.54) is 39.0 Å². The van der Waals surface area contributed by atoms with Gasteiger partial charge in [0.15, 0.2) is 0 Å². The molecule has 2 saturated heterocycles. The molecule has 0 atom stereocenters. The molecule has 3 aromatic rings. The summed E-state index contributed by atoms with van der Waals surface area (Å²) < 4.78 is 17.0. The van der Waals surface area contributed by atoms with Gasteiger partial charge in [0.05, 0.1) is 19.9 Å². The maximum absolute atomic E-state index is 5.91. The highest BCUT2D eigenvalue weighted by atomic mass is 16.5. The predicted molar refractivity (Wildman–Crippen MR) is 155 cm³/mol. The number of hydrogen-bond acceptors (Lipinski definition) is 9. The first-order valence-electron chi connectivity index (χ1n) is 13.7. The van der Waals surface area contributed by atoms with Gasteiger partial charge >= 0.3 is 0 Å². The number of methoxy groups -OCH3 is 2. The fourth-order valence-corrected chi connectivity index (χ4v) is 5.38. The first-order chi connectivity index (χ1) is 19.0. The van der Waals surface area contributed by atoms with E-state index >= 15 is 0 Å². The van der Waals surface area contributed by atoms with Gasteiger partial charge in [-0.25, -0.2) is 9.97 Å². The molecule has 0 spiro atoms. The molecule has 2 aliphatic heterocycles. The summed E-state index contributed by atoms with van der Waals surface area (Å²) in [7, 11) is 5.60. The second-order valence-corrected chi connectivity index (χ2v) is 10.5. The molecule has 5 rings (SSSR count). The van der Waals surface area contributed by atoms with E-state index in [0.29, 0.717) is 18.6 Å². The Hall–Kier alpha value is -3.56. The summed E-state index contributed by atoms with van der Waals surface area (Å²) in [6, 6.07) is 12.7. The highest BCUT2D eigenvalue weighted by Crippen LogP contribution is 2.34. The van der Waals surface area contributed by atoms with E-state index in [9.17, 15) is 0 Å². The molecule has 2 aromatic carbocycles. The van der Waals surface area contributed by atoms with Crippen molar-refractivity contribution in [2.75, 3.05) is 70.8 Å². The van der Waals surface area contributed by atoms with E-state index in [0.717, 1.165) is 52.8 Å². The first kappa shape index (κ1) is 27.0. The lowest BCUT2D eigenvalue weighted by Gasteiger charge is -2.42. The number of aryl methyl sites for hydroxylation is 1. The van der Waals surface area contributed by atoms with Gasteiger partial charge < -0.3 is 29.3 Å². The molecule has 0 amide bonds. The van der Waals surface area contributed by atoms with Crippen molar-refractivity contribution in [3.63, 3.8) is 0 Å². The molecule has 0 bridgehead atoms. The smallest absolute Gasteiger partial charge is 0.227 e. The van der Waals surface area contributed by atoms with Crippen molar-refractivity contribution >= 4 is 17.3 Å². The Morgan fingerprint density at radius 2 is 1.59 bits per heavy atom. The third-order valence-electron chi connectivity index (χ3n) is 7.67. The molecule has 208 valence electrons. The highest BCUT2D eigenvalue weighted by Gasteiger charge is 2.27. The summed E-state index contributed by atoms with van der Waals surface area (Å²) in [5.74, 6) is 2.91. The molecule has 9 heteroatoms. The number of nitrogens with one attached hydrogen (secondary N) is 1. The van der Waals surface area contributed by atoms with Crippen molar-refractivity contribution in [3.8, 4) is 17.2 Å². The monoisotopic (exact) mass is 532 g/mol. The fraction of sp³-hybridized carbons (Fsp3) is 0.467. The molecule has 1 aromatic heterocycles. The van der Waals surface area contributed by atoms with Crippen molar-refractivity contribution in [2.45, 2.75) is 32.4 Å². The number of anilines is 3. The topological polar surface area (TPSA) is 75.2 Å². The van der Waals surface area contributed by atoms with Crippen molar-refractivity contribution in [3.05, 3.63) is 59.9 Å². The maximum atomic E-state index is 5.91. The Kier molecular flexibility index (Phi) is 8.68. The maximum Gasteiger partial charge on any atom is 0.227 e. The normalized spacial score (nSPS) is 17.2. The van der Waals surface area contributed by atoms with Gasteiger partial charge in [-0.15, -0.1) is 0 Å². The van der Waals surface area contributed by atoms with E-state index in [1.54, 1.807) is 26.6 Å². The van der Waals surface area contributed by atoms with Crippen molar-refractivity contribution < 1.29 is 14.2 Å². The Bertz CT molecular complexity index is 1220. The average Bonchev–Trinajstić information content (AvgIpc) is 2.97. The van der Waals surface area contributed by atoms with E-state index in [2.05, 4.69) is 49.2 Å². The van der Waals surface area contributed by atoms with Gasteiger partial charge in [0.1, 0.15) is 23.9 Å². The number of ether oxygens (including phenoxy) is 3. The summed E-state index contributed by atoms with van der Waals surface area (Å²) in [5, 5.41) is 3.30. The average molecular weight is 533 g/mol. The Labute approximate surface area is 231 Å². The molecule has 2 fully saturated rings. The Morgan fingerprint density at radius 3 is 2.28 bits per heavy atom. The van der Waals surface area contributed by atoms with Gasteiger partial charge in [0.2, 0.25) is 5.95 Å². The molecule has 2 aliphatic rings. The zero-order valence-corrected chi connectivity index (χ0v) is 23.5. The summed E-state index contributed by atoms with van der Waals surface area (Å²) in [6.07, 6.45) is 5.93. The number of piperidine rings is 1. The van der Waals surface area contributed by atoms with Crippen LogP contribution in [0.3, 0.4) is 0 Å². The van der Waals surface area contributed by atoms with Crippen molar-refractivity contribution in [2.24, 2.45) is 0 Å². The van der Waals surface area contributed by atoms with E-state index in [4.69, 9.17) is 14.2 Å². The number of nitrogens with zero attached hydrogens (tertiary/aromatic N) is 5. The third-order valence-corrected chi connectivity index (χ3v) is 7.67. The number of benzene rings is 2. The number of aromatic nitrogens is 2. The standard InChI is InChI=1S/C30H40N6O3/c1-22-15-26(37-3)18-27(16-22)39-21-23-19-31-30(32-20-23)33-24-5-6-28(29(17-24)38-4)36-9-7-25(8-10-36)35-13-11-34(2)12-14-35/h5-6,15-20,25H,7-14,21H2,1-4H3,(H,31,32,33). The van der Waals surface area contributed by atoms with E-state index < -0.39 is 0 Å². The van der Waals surface area contributed by atoms with Gasteiger partial charge in [0, 0.05) is 81.1 Å². The quantitative estimate of drug-likeness (QED) is 0.433. The number of hydrogen-bond donors (Lipinski definition) is 1. The summed E-state index contributed by atoms with van der Waals surface area (Å²) in [6.45, 7) is 9.19. The second kappa shape index (κ2) is 12.5. The molecule has 0 unspecified atom stereocenters.